The third-order valence-corrected chi connectivity index (χ3v) is 5.31. The fourth-order valence-electron chi connectivity index (χ4n) is 3.92. The third-order valence-electron chi connectivity index (χ3n) is 5.31. The quantitative estimate of drug-likeness (QED) is 0.698. The largest absolute Gasteiger partial charge is 0.365 e. The van der Waals surface area contributed by atoms with E-state index >= 15 is 0 Å². The SMILES string of the molecule is Cc1cccc(-c2nc3c(C#N)c[nH]n3c2NC2CCCCCCC2)c1. The monoisotopic (exact) mass is 347 g/mol. The van der Waals surface area contributed by atoms with Crippen LogP contribution in [0.15, 0.2) is 30.5 Å². The molecule has 1 aliphatic carbocycles. The maximum atomic E-state index is 9.39. The van der Waals surface area contributed by atoms with Crippen LogP contribution in [0.2, 0.25) is 0 Å². The van der Waals surface area contributed by atoms with Gasteiger partial charge >= 0.3 is 0 Å². The van der Waals surface area contributed by atoms with E-state index in [-0.39, 0.29) is 0 Å². The van der Waals surface area contributed by atoms with E-state index in [4.69, 9.17) is 4.98 Å². The molecule has 1 aromatic carbocycles. The van der Waals surface area contributed by atoms with Gasteiger partial charge < -0.3 is 5.32 Å². The number of aromatic amines is 1. The van der Waals surface area contributed by atoms with Crippen LogP contribution < -0.4 is 5.32 Å². The first-order valence-electron chi connectivity index (χ1n) is 9.60. The second-order valence-electron chi connectivity index (χ2n) is 7.32. The summed E-state index contributed by atoms with van der Waals surface area (Å²) in [5.41, 5.74) is 4.47. The van der Waals surface area contributed by atoms with Gasteiger partial charge in [0.25, 0.3) is 0 Å². The standard InChI is InChI=1S/C21H25N5/c1-15-8-7-9-16(12-15)19-21(24-18-10-5-3-2-4-6-11-18)26-20(25-19)17(13-22)14-23-26/h7-9,12,14,18,23-24H,2-6,10-11H2,1H3. The number of imidazole rings is 1. The van der Waals surface area contributed by atoms with Crippen molar-refractivity contribution in [1.29, 1.82) is 5.26 Å². The van der Waals surface area contributed by atoms with E-state index in [2.05, 4.69) is 47.7 Å². The highest BCUT2D eigenvalue weighted by molar-refractivity contribution is 5.78. The Morgan fingerprint density at radius 2 is 1.96 bits per heavy atom. The molecule has 0 saturated heterocycles. The van der Waals surface area contributed by atoms with E-state index < -0.39 is 0 Å². The van der Waals surface area contributed by atoms with Crippen molar-refractivity contribution < 1.29 is 0 Å². The summed E-state index contributed by atoms with van der Waals surface area (Å²) in [5, 5.41) is 16.3. The molecule has 1 fully saturated rings. The van der Waals surface area contributed by atoms with E-state index in [1.165, 1.54) is 50.5 Å². The number of aromatic nitrogens is 3. The second-order valence-corrected chi connectivity index (χ2v) is 7.32. The Morgan fingerprint density at radius 3 is 2.69 bits per heavy atom. The molecule has 0 spiro atoms. The van der Waals surface area contributed by atoms with Crippen LogP contribution in [0.3, 0.4) is 0 Å². The Labute approximate surface area is 154 Å². The number of anilines is 1. The van der Waals surface area contributed by atoms with Gasteiger partial charge in [0, 0.05) is 17.8 Å². The maximum absolute atomic E-state index is 9.39. The zero-order chi connectivity index (χ0) is 17.9. The minimum atomic E-state index is 0.451. The van der Waals surface area contributed by atoms with Gasteiger partial charge in [-0.3, -0.25) is 5.10 Å². The third kappa shape index (κ3) is 3.20. The molecular weight excluding hydrogens is 322 g/mol. The van der Waals surface area contributed by atoms with Crippen LogP contribution in [0.4, 0.5) is 5.82 Å². The number of benzene rings is 1. The van der Waals surface area contributed by atoms with Crippen molar-refractivity contribution >= 4 is 11.5 Å². The molecule has 0 radical (unpaired) electrons. The molecular formula is C21H25N5. The van der Waals surface area contributed by atoms with Crippen molar-refractivity contribution in [2.75, 3.05) is 5.32 Å². The van der Waals surface area contributed by atoms with Crippen molar-refractivity contribution in [3.63, 3.8) is 0 Å². The molecule has 4 rings (SSSR count). The molecule has 5 heteroatoms. The van der Waals surface area contributed by atoms with E-state index in [0.29, 0.717) is 17.3 Å². The average Bonchev–Trinajstić information content (AvgIpc) is 3.16. The molecule has 2 aromatic heterocycles. The fraction of sp³-hybridized carbons (Fsp3) is 0.429. The van der Waals surface area contributed by atoms with Crippen molar-refractivity contribution in [2.24, 2.45) is 0 Å². The number of fused-ring (bicyclic) bond motifs is 1. The molecule has 0 atom stereocenters. The number of hydrogen-bond donors (Lipinski definition) is 2. The predicted octanol–water partition coefficient (Wildman–Crippen LogP) is 5.03. The van der Waals surface area contributed by atoms with Gasteiger partial charge in [0.05, 0.1) is 0 Å². The van der Waals surface area contributed by atoms with Gasteiger partial charge in [-0.05, 0) is 25.8 Å². The van der Waals surface area contributed by atoms with Gasteiger partial charge in [-0.25, -0.2) is 9.50 Å². The molecule has 0 amide bonds. The van der Waals surface area contributed by atoms with Crippen LogP contribution in [0, 0.1) is 18.3 Å². The summed E-state index contributed by atoms with van der Waals surface area (Å²) < 4.78 is 1.93. The van der Waals surface area contributed by atoms with Crippen LogP contribution >= 0.6 is 0 Å². The summed E-state index contributed by atoms with van der Waals surface area (Å²) in [7, 11) is 0. The summed E-state index contributed by atoms with van der Waals surface area (Å²) in [6.45, 7) is 2.09. The van der Waals surface area contributed by atoms with Crippen LogP contribution in [0.1, 0.15) is 56.1 Å². The van der Waals surface area contributed by atoms with Gasteiger partial charge in [0.2, 0.25) is 0 Å². The summed E-state index contributed by atoms with van der Waals surface area (Å²) in [6.07, 6.45) is 10.7. The number of aryl methyl sites for hydroxylation is 1. The molecule has 1 saturated carbocycles. The average molecular weight is 347 g/mol. The fourth-order valence-corrected chi connectivity index (χ4v) is 3.92. The van der Waals surface area contributed by atoms with E-state index in [9.17, 15) is 5.26 Å². The van der Waals surface area contributed by atoms with Gasteiger partial charge in [-0.2, -0.15) is 5.26 Å². The Kier molecular flexibility index (Phi) is 4.66. The lowest BCUT2D eigenvalue weighted by atomic mass is 9.96. The molecule has 0 aliphatic heterocycles. The Balaban J connectivity index is 1.76. The summed E-state index contributed by atoms with van der Waals surface area (Å²) in [5.74, 6) is 0.970. The van der Waals surface area contributed by atoms with E-state index in [1.807, 2.05) is 4.52 Å². The molecule has 2 N–H and O–H groups in total. The molecule has 5 nitrogen and oxygen atoms in total. The van der Waals surface area contributed by atoms with Gasteiger partial charge in [-0.1, -0.05) is 55.9 Å². The first-order chi connectivity index (χ1) is 12.8. The minimum Gasteiger partial charge on any atom is -0.365 e. The zero-order valence-electron chi connectivity index (χ0n) is 15.3. The molecule has 1 aliphatic rings. The maximum Gasteiger partial charge on any atom is 0.173 e. The number of nitrogens with one attached hydrogen (secondary N) is 2. The number of H-pyrrole nitrogens is 1. The molecule has 0 bridgehead atoms. The minimum absolute atomic E-state index is 0.451. The van der Waals surface area contributed by atoms with Crippen molar-refractivity contribution in [3.05, 3.63) is 41.6 Å². The molecule has 134 valence electrons. The van der Waals surface area contributed by atoms with Crippen molar-refractivity contribution in [3.8, 4) is 17.3 Å². The Hall–Kier alpha value is -2.74. The summed E-state index contributed by atoms with van der Waals surface area (Å²) in [4.78, 5) is 4.81. The van der Waals surface area contributed by atoms with Crippen LogP contribution in [0.25, 0.3) is 16.9 Å². The van der Waals surface area contributed by atoms with Crippen LogP contribution in [-0.2, 0) is 0 Å². The first-order valence-corrected chi connectivity index (χ1v) is 9.60. The Morgan fingerprint density at radius 1 is 1.19 bits per heavy atom. The predicted molar refractivity (Wildman–Crippen MR) is 104 cm³/mol. The van der Waals surface area contributed by atoms with Crippen molar-refractivity contribution in [1.82, 2.24) is 14.6 Å². The van der Waals surface area contributed by atoms with Gasteiger partial charge in [0.15, 0.2) is 11.5 Å². The molecule has 3 aromatic rings. The lowest BCUT2D eigenvalue weighted by Gasteiger charge is -2.22. The highest BCUT2D eigenvalue weighted by Crippen LogP contribution is 2.32. The lowest BCUT2D eigenvalue weighted by molar-refractivity contribution is 0.470. The van der Waals surface area contributed by atoms with Gasteiger partial charge in [-0.15, -0.1) is 0 Å². The number of rotatable bonds is 3. The number of nitriles is 1. The van der Waals surface area contributed by atoms with E-state index in [0.717, 1.165) is 17.1 Å². The molecule has 0 unspecified atom stereocenters. The number of nitrogens with zero attached hydrogens (tertiary/aromatic N) is 3. The van der Waals surface area contributed by atoms with Gasteiger partial charge in [0.1, 0.15) is 17.3 Å². The van der Waals surface area contributed by atoms with Crippen LogP contribution in [0.5, 0.6) is 0 Å². The topological polar surface area (TPSA) is 68.9 Å². The normalized spacial score (nSPS) is 16.2. The first kappa shape index (κ1) is 16.7. The highest BCUT2D eigenvalue weighted by Gasteiger charge is 2.21. The Bertz CT molecular complexity index is 935. The zero-order valence-corrected chi connectivity index (χ0v) is 15.3. The highest BCUT2D eigenvalue weighted by atomic mass is 15.3. The number of hydrogen-bond acceptors (Lipinski definition) is 3. The summed E-state index contributed by atoms with van der Waals surface area (Å²) in [6, 6.07) is 11.1. The molecule has 26 heavy (non-hydrogen) atoms. The summed E-state index contributed by atoms with van der Waals surface area (Å²) >= 11 is 0. The second kappa shape index (κ2) is 7.25. The molecule has 2 heterocycles. The lowest BCUT2D eigenvalue weighted by Crippen LogP contribution is -2.22. The van der Waals surface area contributed by atoms with E-state index in [1.54, 1.807) is 6.20 Å². The van der Waals surface area contributed by atoms with Crippen molar-refractivity contribution in [2.45, 2.75) is 57.9 Å². The van der Waals surface area contributed by atoms with Crippen LogP contribution in [-0.4, -0.2) is 20.6 Å². The smallest absolute Gasteiger partial charge is 0.173 e.